The van der Waals surface area contributed by atoms with Gasteiger partial charge in [-0.3, -0.25) is 14.7 Å². The number of carbonyl (C=O) groups excluding carboxylic acids is 1. The number of hydrogen-bond donors (Lipinski definition) is 2. The molecule has 2 aromatic carbocycles. The maximum atomic E-state index is 13.2. The van der Waals surface area contributed by atoms with Crippen LogP contribution in [0.4, 0.5) is 20.7 Å². The van der Waals surface area contributed by atoms with E-state index in [9.17, 15) is 14.0 Å². The van der Waals surface area contributed by atoms with Crippen molar-refractivity contribution in [3.63, 3.8) is 0 Å². The lowest BCUT2D eigenvalue weighted by Gasteiger charge is -2.12. The molecule has 2 N–H and O–H groups in total. The Labute approximate surface area is 148 Å². The molecule has 3 aromatic rings. The number of aromatic nitrogens is 2. The molecule has 3 rings (SSSR count). The van der Waals surface area contributed by atoms with Crippen molar-refractivity contribution in [2.24, 2.45) is 0 Å². The van der Waals surface area contributed by atoms with Crippen LogP contribution in [0.15, 0.2) is 65.7 Å². The van der Waals surface area contributed by atoms with Crippen molar-refractivity contribution in [2.45, 2.75) is 0 Å². The van der Waals surface area contributed by atoms with E-state index in [4.69, 9.17) is 4.74 Å². The van der Waals surface area contributed by atoms with E-state index in [0.29, 0.717) is 11.4 Å². The van der Waals surface area contributed by atoms with Crippen LogP contribution in [0.25, 0.3) is 5.69 Å². The van der Waals surface area contributed by atoms with E-state index in [1.165, 1.54) is 42.3 Å². The number of carbonyl (C=O) groups is 1. The van der Waals surface area contributed by atoms with Gasteiger partial charge in [0.2, 0.25) is 5.82 Å². The Bertz CT molecular complexity index is 1000. The van der Waals surface area contributed by atoms with Crippen LogP contribution in [0.1, 0.15) is 0 Å². The number of halogens is 1. The number of anilines is 2. The van der Waals surface area contributed by atoms with Gasteiger partial charge in [-0.05, 0) is 30.3 Å². The van der Waals surface area contributed by atoms with Gasteiger partial charge in [0.05, 0.1) is 12.8 Å². The average Bonchev–Trinajstić information content (AvgIpc) is 2.63. The average molecular weight is 354 g/mol. The number of amides is 2. The minimum absolute atomic E-state index is 0.174. The molecule has 0 saturated carbocycles. The van der Waals surface area contributed by atoms with Crippen molar-refractivity contribution in [3.8, 4) is 11.4 Å². The van der Waals surface area contributed by atoms with Crippen LogP contribution in [0, 0.1) is 5.82 Å². The monoisotopic (exact) mass is 354 g/mol. The quantitative estimate of drug-likeness (QED) is 0.754. The van der Waals surface area contributed by atoms with Crippen molar-refractivity contribution in [3.05, 3.63) is 77.1 Å². The van der Waals surface area contributed by atoms with Crippen molar-refractivity contribution < 1.29 is 13.9 Å². The largest absolute Gasteiger partial charge is 0.495 e. The van der Waals surface area contributed by atoms with Gasteiger partial charge in [0, 0.05) is 18.1 Å². The molecule has 0 aliphatic heterocycles. The summed E-state index contributed by atoms with van der Waals surface area (Å²) in [6, 6.07) is 11.6. The summed E-state index contributed by atoms with van der Waals surface area (Å²) >= 11 is 0. The lowest BCUT2D eigenvalue weighted by atomic mass is 10.3. The van der Waals surface area contributed by atoms with Gasteiger partial charge in [-0.1, -0.05) is 18.2 Å². The molecule has 0 fully saturated rings. The smallest absolute Gasteiger partial charge is 0.325 e. The molecule has 132 valence electrons. The molecule has 0 spiro atoms. The predicted molar refractivity (Wildman–Crippen MR) is 95.4 cm³/mol. The van der Waals surface area contributed by atoms with Crippen molar-refractivity contribution in [1.29, 1.82) is 0 Å². The van der Waals surface area contributed by atoms with Crippen LogP contribution >= 0.6 is 0 Å². The maximum absolute atomic E-state index is 13.2. The fourth-order valence-electron chi connectivity index (χ4n) is 2.35. The molecule has 8 heteroatoms. The summed E-state index contributed by atoms with van der Waals surface area (Å²) in [7, 11) is 1.50. The first-order chi connectivity index (χ1) is 12.6. The summed E-state index contributed by atoms with van der Waals surface area (Å²) in [4.78, 5) is 28.6. The summed E-state index contributed by atoms with van der Waals surface area (Å²) in [5.74, 6) is -0.164. The fraction of sp³-hybridized carbons (Fsp3) is 0.0556. The van der Waals surface area contributed by atoms with Gasteiger partial charge in [0.1, 0.15) is 11.6 Å². The Hall–Kier alpha value is -3.68. The Morgan fingerprint density at radius 2 is 1.96 bits per heavy atom. The molecule has 2 amide bonds. The molecule has 1 aromatic heterocycles. The van der Waals surface area contributed by atoms with Gasteiger partial charge >= 0.3 is 6.03 Å². The molecular formula is C18H15FN4O3. The Kier molecular flexibility index (Phi) is 4.93. The van der Waals surface area contributed by atoms with Crippen LogP contribution in [-0.4, -0.2) is 22.7 Å². The predicted octanol–water partition coefficient (Wildman–Crippen LogP) is 3.02. The molecule has 7 nitrogen and oxygen atoms in total. The zero-order valence-corrected chi connectivity index (χ0v) is 13.8. The van der Waals surface area contributed by atoms with Gasteiger partial charge in [0.15, 0.2) is 0 Å². The number of rotatable bonds is 4. The van der Waals surface area contributed by atoms with Gasteiger partial charge in [0.25, 0.3) is 5.56 Å². The van der Waals surface area contributed by atoms with Crippen LogP contribution < -0.4 is 20.9 Å². The Morgan fingerprint density at radius 3 is 2.73 bits per heavy atom. The van der Waals surface area contributed by atoms with E-state index in [1.807, 2.05) is 0 Å². The highest BCUT2D eigenvalue weighted by Crippen LogP contribution is 2.20. The summed E-state index contributed by atoms with van der Waals surface area (Å²) in [6.45, 7) is 0. The number of benzene rings is 2. The number of urea groups is 1. The molecular weight excluding hydrogens is 339 g/mol. The van der Waals surface area contributed by atoms with E-state index in [-0.39, 0.29) is 11.5 Å². The normalized spacial score (nSPS) is 10.2. The summed E-state index contributed by atoms with van der Waals surface area (Å²) in [5, 5.41) is 4.81. The zero-order valence-electron chi connectivity index (χ0n) is 13.8. The third-order valence-corrected chi connectivity index (χ3v) is 3.50. The van der Waals surface area contributed by atoms with Gasteiger partial charge in [-0.2, -0.15) is 0 Å². The number of methoxy groups -OCH3 is 1. The number of para-hydroxylation sites is 2. The number of nitrogens with one attached hydrogen (secondary N) is 2. The van der Waals surface area contributed by atoms with Gasteiger partial charge in [-0.15, -0.1) is 0 Å². The second-order valence-corrected chi connectivity index (χ2v) is 5.21. The molecule has 1 heterocycles. The van der Waals surface area contributed by atoms with Gasteiger partial charge in [-0.25, -0.2) is 14.2 Å². The van der Waals surface area contributed by atoms with Gasteiger partial charge < -0.3 is 10.1 Å². The Morgan fingerprint density at radius 1 is 1.15 bits per heavy atom. The molecule has 0 bridgehead atoms. The second kappa shape index (κ2) is 7.47. The molecule has 0 aliphatic carbocycles. The first kappa shape index (κ1) is 17.2. The third kappa shape index (κ3) is 3.69. The number of nitrogens with zero attached hydrogens (tertiary/aromatic N) is 2. The standard InChI is InChI=1S/C18H15FN4O3/c1-26-15-8-3-2-7-14(15)23-10-9-20-16(17(23)24)22-18(25)21-13-6-4-5-12(19)11-13/h2-11H,1H3,(H2,20,21,22,25). The highest BCUT2D eigenvalue weighted by molar-refractivity contribution is 5.99. The van der Waals surface area contributed by atoms with E-state index >= 15 is 0 Å². The highest BCUT2D eigenvalue weighted by Gasteiger charge is 2.12. The van der Waals surface area contributed by atoms with Crippen LogP contribution in [0.3, 0.4) is 0 Å². The minimum atomic E-state index is -0.710. The van der Waals surface area contributed by atoms with Crippen LogP contribution in [-0.2, 0) is 0 Å². The molecule has 0 aliphatic rings. The minimum Gasteiger partial charge on any atom is -0.495 e. The van der Waals surface area contributed by atoms with Crippen molar-refractivity contribution >= 4 is 17.5 Å². The number of ether oxygens (including phenoxy) is 1. The Balaban J connectivity index is 1.86. The topological polar surface area (TPSA) is 85.2 Å². The first-order valence-electron chi connectivity index (χ1n) is 7.63. The van der Waals surface area contributed by atoms with E-state index < -0.39 is 17.4 Å². The third-order valence-electron chi connectivity index (χ3n) is 3.50. The van der Waals surface area contributed by atoms with E-state index in [0.717, 1.165) is 6.07 Å². The lowest BCUT2D eigenvalue weighted by Crippen LogP contribution is -2.28. The second-order valence-electron chi connectivity index (χ2n) is 5.21. The molecule has 0 saturated heterocycles. The molecule has 0 atom stereocenters. The molecule has 0 unspecified atom stereocenters. The molecule has 0 radical (unpaired) electrons. The maximum Gasteiger partial charge on any atom is 0.325 e. The summed E-state index contributed by atoms with van der Waals surface area (Å²) < 4.78 is 19.7. The van der Waals surface area contributed by atoms with Crippen molar-refractivity contribution in [2.75, 3.05) is 17.7 Å². The first-order valence-corrected chi connectivity index (χ1v) is 7.63. The zero-order chi connectivity index (χ0) is 18.5. The van der Waals surface area contributed by atoms with Crippen molar-refractivity contribution in [1.82, 2.24) is 9.55 Å². The highest BCUT2D eigenvalue weighted by atomic mass is 19.1. The fourth-order valence-corrected chi connectivity index (χ4v) is 2.35. The lowest BCUT2D eigenvalue weighted by molar-refractivity contribution is 0.262. The van der Waals surface area contributed by atoms with Crippen LogP contribution in [0.5, 0.6) is 5.75 Å². The SMILES string of the molecule is COc1ccccc1-n1ccnc(NC(=O)Nc2cccc(F)c2)c1=O. The summed E-state index contributed by atoms with van der Waals surface area (Å²) in [5.41, 5.74) is 0.228. The van der Waals surface area contributed by atoms with E-state index in [1.54, 1.807) is 24.3 Å². The van der Waals surface area contributed by atoms with Crippen LogP contribution in [0.2, 0.25) is 0 Å². The summed E-state index contributed by atoms with van der Waals surface area (Å²) in [6.07, 6.45) is 2.85. The molecule has 26 heavy (non-hydrogen) atoms. The number of hydrogen-bond acceptors (Lipinski definition) is 4. The van der Waals surface area contributed by atoms with E-state index in [2.05, 4.69) is 15.6 Å².